The van der Waals surface area contributed by atoms with Crippen molar-refractivity contribution >= 4 is 27.2 Å². The molecule has 78 valence electrons. The topological polar surface area (TPSA) is 20.3 Å². The van der Waals surface area contributed by atoms with Crippen LogP contribution in [0.1, 0.15) is 0 Å². The van der Waals surface area contributed by atoms with E-state index in [-0.39, 0.29) is 5.02 Å². The molecule has 1 aromatic rings. The highest BCUT2D eigenvalue weighted by atomic mass is 35.5. The molecule has 14 heavy (non-hydrogen) atoms. The van der Waals surface area contributed by atoms with Gasteiger partial charge in [0, 0.05) is 4.90 Å². The molecule has 0 spiro atoms. The van der Waals surface area contributed by atoms with E-state index >= 15 is 0 Å². The Kier molecular flexibility index (Phi) is 3.19. The molecule has 0 saturated carbocycles. The van der Waals surface area contributed by atoms with Crippen LogP contribution in [0.25, 0.3) is 0 Å². The van der Waals surface area contributed by atoms with Gasteiger partial charge in [-0.3, -0.25) is 0 Å². The summed E-state index contributed by atoms with van der Waals surface area (Å²) in [6.07, 6.45) is 0. The zero-order valence-corrected chi connectivity index (χ0v) is 9.53. The summed E-state index contributed by atoms with van der Waals surface area (Å²) in [5.41, 5.74) is 0. The van der Waals surface area contributed by atoms with Gasteiger partial charge in [-0.25, -0.2) is 12.9 Å². The van der Waals surface area contributed by atoms with Gasteiger partial charge in [-0.2, -0.15) is 0 Å². The minimum absolute atomic E-state index is 0.0410. The maximum atomic E-state index is 12.8. The van der Waals surface area contributed by atoms with E-state index in [0.717, 1.165) is 0 Å². The van der Waals surface area contributed by atoms with Gasteiger partial charge >= 0.3 is 0 Å². The van der Waals surface area contributed by atoms with E-state index in [0.29, 0.717) is 4.90 Å². The number of rotatable bonds is 2. The third kappa shape index (κ3) is 2.08. The van der Waals surface area contributed by atoms with Crippen LogP contribution in [0.2, 0.25) is 5.02 Å². The predicted molar refractivity (Wildman–Crippen MR) is 58.6 cm³/mol. The highest BCUT2D eigenvalue weighted by molar-refractivity contribution is 7.98. The number of nitrogens with zero attached hydrogens (tertiary/aromatic N) is 1. The molecule has 2 nitrogen and oxygen atoms in total. The number of hydrogen-bond acceptors (Lipinski definition) is 1. The SMILES string of the molecule is C=S(=O)(c1ccc(F)c(Cl)c1)N(C)C. The summed E-state index contributed by atoms with van der Waals surface area (Å²) < 4.78 is 26.3. The summed E-state index contributed by atoms with van der Waals surface area (Å²) in [5.74, 6) is 3.06. The molecule has 0 saturated heterocycles. The summed E-state index contributed by atoms with van der Waals surface area (Å²) >= 11 is 5.58. The van der Waals surface area contributed by atoms with Gasteiger partial charge in [-0.05, 0) is 38.2 Å². The monoisotopic (exact) mass is 235 g/mol. The minimum Gasteiger partial charge on any atom is -0.248 e. The van der Waals surface area contributed by atoms with Crippen LogP contribution in [0.3, 0.4) is 0 Å². The first-order valence-electron chi connectivity index (χ1n) is 3.85. The van der Waals surface area contributed by atoms with E-state index in [4.69, 9.17) is 11.6 Å². The molecule has 1 rings (SSSR count). The summed E-state index contributed by atoms with van der Waals surface area (Å²) in [6.45, 7) is 0. The molecular weight excluding hydrogens is 225 g/mol. The van der Waals surface area contributed by atoms with Crippen LogP contribution in [-0.4, -0.2) is 28.5 Å². The fraction of sp³-hybridized carbons (Fsp3) is 0.222. The molecule has 0 aliphatic rings. The van der Waals surface area contributed by atoms with Gasteiger partial charge in [0.1, 0.15) is 5.82 Å². The van der Waals surface area contributed by atoms with Crippen molar-refractivity contribution in [2.24, 2.45) is 0 Å². The van der Waals surface area contributed by atoms with E-state index in [2.05, 4.69) is 5.87 Å². The zero-order chi connectivity index (χ0) is 10.9. The lowest BCUT2D eigenvalue weighted by Crippen LogP contribution is -2.21. The van der Waals surface area contributed by atoms with Gasteiger partial charge < -0.3 is 0 Å². The molecule has 0 N–H and O–H groups in total. The van der Waals surface area contributed by atoms with Crippen molar-refractivity contribution in [3.05, 3.63) is 29.0 Å². The average molecular weight is 236 g/mol. The first kappa shape index (κ1) is 11.5. The molecule has 0 aliphatic heterocycles. The van der Waals surface area contributed by atoms with Crippen LogP contribution in [0.15, 0.2) is 23.1 Å². The third-order valence-corrected chi connectivity index (χ3v) is 4.31. The fourth-order valence-corrected chi connectivity index (χ4v) is 2.14. The standard InChI is InChI=1S/C9H11ClFNOS/c1-12(2)14(3,13)7-4-5-9(11)8(10)6-7/h4-6H,3H2,1-2H3. The molecule has 1 atom stereocenters. The van der Waals surface area contributed by atoms with E-state index in [9.17, 15) is 8.60 Å². The molecular formula is C9H11ClFNOS. The molecule has 0 amide bonds. The summed E-state index contributed by atoms with van der Waals surface area (Å²) in [6, 6.07) is 3.95. The Morgan fingerprint density at radius 2 is 2.07 bits per heavy atom. The number of benzene rings is 1. The van der Waals surface area contributed by atoms with Crippen LogP contribution >= 0.6 is 11.6 Å². The Bertz CT molecular complexity index is 442. The molecule has 0 fully saturated rings. The van der Waals surface area contributed by atoms with Gasteiger partial charge in [0.05, 0.1) is 14.7 Å². The summed E-state index contributed by atoms with van der Waals surface area (Å²) in [4.78, 5) is 0.425. The Labute approximate surface area is 88.4 Å². The van der Waals surface area contributed by atoms with Crippen molar-refractivity contribution in [1.82, 2.24) is 4.31 Å². The number of halogens is 2. The van der Waals surface area contributed by atoms with E-state index in [1.165, 1.54) is 22.5 Å². The van der Waals surface area contributed by atoms with Crippen LogP contribution < -0.4 is 0 Å². The molecule has 1 unspecified atom stereocenters. The highest BCUT2D eigenvalue weighted by Crippen LogP contribution is 2.20. The van der Waals surface area contributed by atoms with Gasteiger partial charge in [0.25, 0.3) is 0 Å². The first-order valence-corrected chi connectivity index (χ1v) is 5.91. The van der Waals surface area contributed by atoms with Crippen molar-refractivity contribution < 1.29 is 8.60 Å². The molecule has 0 radical (unpaired) electrons. The fourth-order valence-electron chi connectivity index (χ4n) is 0.886. The van der Waals surface area contributed by atoms with E-state index in [1.54, 1.807) is 14.1 Å². The Morgan fingerprint density at radius 3 is 2.50 bits per heavy atom. The summed E-state index contributed by atoms with van der Waals surface area (Å²) in [7, 11) is 0.757. The average Bonchev–Trinajstić information content (AvgIpc) is 2.09. The van der Waals surface area contributed by atoms with Crippen LogP contribution in [0.5, 0.6) is 0 Å². The molecule has 0 bridgehead atoms. The second-order valence-corrected chi connectivity index (χ2v) is 5.92. The maximum Gasteiger partial charge on any atom is 0.141 e. The van der Waals surface area contributed by atoms with Crippen molar-refractivity contribution in [1.29, 1.82) is 0 Å². The van der Waals surface area contributed by atoms with E-state index < -0.39 is 15.5 Å². The molecule has 5 heteroatoms. The Hall–Kier alpha value is -0.580. The lowest BCUT2D eigenvalue weighted by Gasteiger charge is -2.16. The lowest BCUT2D eigenvalue weighted by atomic mass is 10.3. The normalized spacial score (nSPS) is 15.5. The maximum absolute atomic E-state index is 12.8. The van der Waals surface area contributed by atoms with Crippen LogP contribution in [-0.2, 0) is 9.71 Å². The van der Waals surface area contributed by atoms with Crippen LogP contribution in [0.4, 0.5) is 4.39 Å². The van der Waals surface area contributed by atoms with Crippen molar-refractivity contribution in [2.45, 2.75) is 4.90 Å². The molecule has 0 aliphatic carbocycles. The summed E-state index contributed by atoms with van der Waals surface area (Å²) in [5, 5.41) is -0.0410. The predicted octanol–water partition coefficient (Wildman–Crippen LogP) is 2.03. The molecule has 0 aromatic heterocycles. The van der Waals surface area contributed by atoms with Crippen molar-refractivity contribution in [3.8, 4) is 0 Å². The second-order valence-electron chi connectivity index (χ2n) is 3.03. The van der Waals surface area contributed by atoms with Crippen LogP contribution in [0, 0.1) is 5.82 Å². The van der Waals surface area contributed by atoms with Gasteiger partial charge in [0.2, 0.25) is 0 Å². The third-order valence-electron chi connectivity index (χ3n) is 1.85. The second kappa shape index (κ2) is 3.88. The van der Waals surface area contributed by atoms with Crippen molar-refractivity contribution in [3.63, 3.8) is 0 Å². The van der Waals surface area contributed by atoms with Gasteiger partial charge in [0.15, 0.2) is 0 Å². The Morgan fingerprint density at radius 1 is 1.50 bits per heavy atom. The first-order chi connectivity index (χ1) is 6.35. The highest BCUT2D eigenvalue weighted by Gasteiger charge is 2.12. The molecule has 1 aromatic carbocycles. The quantitative estimate of drug-likeness (QED) is 0.719. The minimum atomic E-state index is -2.53. The Balaban J connectivity index is 3.29. The molecule has 0 heterocycles. The largest absolute Gasteiger partial charge is 0.248 e. The number of hydrogen-bond donors (Lipinski definition) is 0. The van der Waals surface area contributed by atoms with Crippen molar-refractivity contribution in [2.75, 3.05) is 14.1 Å². The lowest BCUT2D eigenvalue weighted by molar-refractivity contribution is 0.597. The zero-order valence-electron chi connectivity index (χ0n) is 7.96. The van der Waals surface area contributed by atoms with Gasteiger partial charge in [-0.1, -0.05) is 11.6 Å². The van der Waals surface area contributed by atoms with Gasteiger partial charge in [-0.15, -0.1) is 0 Å². The smallest absolute Gasteiger partial charge is 0.141 e. The van der Waals surface area contributed by atoms with E-state index in [1.807, 2.05) is 0 Å².